The lowest BCUT2D eigenvalue weighted by Crippen LogP contribution is -2.21. The van der Waals surface area contributed by atoms with E-state index in [4.69, 9.17) is 25.7 Å². The van der Waals surface area contributed by atoms with Crippen LogP contribution in [0.1, 0.15) is 22.8 Å². The molecule has 0 radical (unpaired) electrons. The van der Waals surface area contributed by atoms with Crippen molar-refractivity contribution in [2.24, 2.45) is 21.7 Å². The third-order valence-electron chi connectivity index (χ3n) is 3.18. The standard InChI is InChI=1S/C18H20N4O4/c1-3-25-16-10-12(11-21-22-18(19)20)4-9-15(16)26-17(23)13-5-7-14(24-2)8-6-13/h4-11H,3H2,1-2H3,(H4,19,20,22)/b21-11-. The summed E-state index contributed by atoms with van der Waals surface area (Å²) in [6.07, 6.45) is 1.46. The molecule has 0 spiro atoms. The molecule has 0 bridgehead atoms. The van der Waals surface area contributed by atoms with E-state index in [1.54, 1.807) is 49.6 Å². The summed E-state index contributed by atoms with van der Waals surface area (Å²) in [5.74, 6) is 0.711. The second-order valence-electron chi connectivity index (χ2n) is 5.03. The zero-order valence-electron chi connectivity index (χ0n) is 14.5. The van der Waals surface area contributed by atoms with E-state index in [2.05, 4.69) is 10.2 Å². The molecular weight excluding hydrogens is 336 g/mol. The Balaban J connectivity index is 2.20. The van der Waals surface area contributed by atoms with Gasteiger partial charge in [0.2, 0.25) is 5.96 Å². The number of nitrogens with zero attached hydrogens (tertiary/aromatic N) is 2. The first-order valence-electron chi connectivity index (χ1n) is 7.78. The Hall–Kier alpha value is -3.55. The minimum atomic E-state index is -0.504. The van der Waals surface area contributed by atoms with Crippen molar-refractivity contribution in [3.05, 3.63) is 53.6 Å². The fourth-order valence-corrected chi connectivity index (χ4v) is 2.01. The topological polar surface area (TPSA) is 122 Å². The number of nitrogens with two attached hydrogens (primary N) is 2. The monoisotopic (exact) mass is 356 g/mol. The summed E-state index contributed by atoms with van der Waals surface area (Å²) in [6.45, 7) is 2.23. The van der Waals surface area contributed by atoms with Crippen LogP contribution in [0.25, 0.3) is 0 Å². The second-order valence-corrected chi connectivity index (χ2v) is 5.03. The third kappa shape index (κ3) is 5.23. The van der Waals surface area contributed by atoms with Gasteiger partial charge in [-0.15, -0.1) is 5.10 Å². The van der Waals surface area contributed by atoms with Gasteiger partial charge in [0.1, 0.15) is 5.75 Å². The highest BCUT2D eigenvalue weighted by molar-refractivity contribution is 5.91. The zero-order valence-corrected chi connectivity index (χ0v) is 14.5. The zero-order chi connectivity index (χ0) is 18.9. The van der Waals surface area contributed by atoms with E-state index in [0.717, 1.165) is 0 Å². The van der Waals surface area contributed by atoms with Crippen molar-refractivity contribution >= 4 is 18.1 Å². The lowest BCUT2D eigenvalue weighted by molar-refractivity contribution is 0.0728. The highest BCUT2D eigenvalue weighted by Crippen LogP contribution is 2.29. The highest BCUT2D eigenvalue weighted by Gasteiger charge is 2.13. The molecule has 136 valence electrons. The molecule has 2 rings (SSSR count). The van der Waals surface area contributed by atoms with E-state index in [9.17, 15) is 4.79 Å². The Morgan fingerprint density at radius 3 is 2.46 bits per heavy atom. The van der Waals surface area contributed by atoms with Crippen molar-refractivity contribution in [3.8, 4) is 17.2 Å². The summed E-state index contributed by atoms with van der Waals surface area (Å²) in [4.78, 5) is 12.3. The van der Waals surface area contributed by atoms with Crippen molar-refractivity contribution in [2.75, 3.05) is 13.7 Å². The summed E-state index contributed by atoms with van der Waals surface area (Å²) in [7, 11) is 1.56. The van der Waals surface area contributed by atoms with Crippen LogP contribution < -0.4 is 25.7 Å². The maximum Gasteiger partial charge on any atom is 0.343 e. The molecule has 0 fully saturated rings. The van der Waals surface area contributed by atoms with Crippen molar-refractivity contribution in [1.29, 1.82) is 0 Å². The first-order valence-corrected chi connectivity index (χ1v) is 7.78. The Labute approximate surface area is 151 Å². The number of carbonyl (C=O) groups is 1. The average Bonchev–Trinajstić information content (AvgIpc) is 2.63. The van der Waals surface area contributed by atoms with Crippen LogP contribution in [0, 0.1) is 0 Å². The molecule has 0 heterocycles. The first-order chi connectivity index (χ1) is 12.5. The molecule has 0 aliphatic heterocycles. The number of hydrogen-bond acceptors (Lipinski definition) is 6. The summed E-state index contributed by atoms with van der Waals surface area (Å²) in [6, 6.07) is 11.6. The minimum Gasteiger partial charge on any atom is -0.497 e. The summed E-state index contributed by atoms with van der Waals surface area (Å²) in [5, 5.41) is 7.26. The van der Waals surface area contributed by atoms with Gasteiger partial charge >= 0.3 is 5.97 Å². The number of guanidine groups is 1. The highest BCUT2D eigenvalue weighted by atomic mass is 16.6. The van der Waals surface area contributed by atoms with Crippen LogP contribution in [0.15, 0.2) is 52.7 Å². The number of hydrogen-bond donors (Lipinski definition) is 2. The van der Waals surface area contributed by atoms with Crippen LogP contribution in [-0.2, 0) is 0 Å². The van der Waals surface area contributed by atoms with Crippen LogP contribution in [0.4, 0.5) is 0 Å². The van der Waals surface area contributed by atoms with Gasteiger partial charge in [0, 0.05) is 0 Å². The SMILES string of the molecule is CCOc1cc(/C=N\N=C(N)N)ccc1OC(=O)c1ccc(OC)cc1. The Bertz CT molecular complexity index is 812. The van der Waals surface area contributed by atoms with Gasteiger partial charge in [-0.1, -0.05) is 0 Å². The fraction of sp³-hybridized carbons (Fsp3) is 0.167. The van der Waals surface area contributed by atoms with E-state index in [1.807, 2.05) is 6.92 Å². The predicted octanol–water partition coefficient (Wildman–Crippen LogP) is 1.92. The third-order valence-corrected chi connectivity index (χ3v) is 3.18. The molecule has 0 aliphatic carbocycles. The van der Waals surface area contributed by atoms with E-state index in [0.29, 0.717) is 35.0 Å². The Morgan fingerprint density at radius 2 is 1.85 bits per heavy atom. The molecule has 0 aromatic heterocycles. The molecule has 0 saturated carbocycles. The smallest absolute Gasteiger partial charge is 0.343 e. The van der Waals surface area contributed by atoms with Gasteiger partial charge < -0.3 is 25.7 Å². The first kappa shape index (κ1) is 18.8. The molecule has 2 aromatic carbocycles. The molecule has 4 N–H and O–H groups in total. The summed E-state index contributed by atoms with van der Waals surface area (Å²) in [5.41, 5.74) is 11.5. The van der Waals surface area contributed by atoms with Gasteiger partial charge in [0.05, 0.1) is 25.5 Å². The van der Waals surface area contributed by atoms with E-state index in [-0.39, 0.29) is 5.96 Å². The quantitative estimate of drug-likeness (QED) is 0.257. The van der Waals surface area contributed by atoms with Crippen LogP contribution in [0.5, 0.6) is 17.2 Å². The number of benzene rings is 2. The fourth-order valence-electron chi connectivity index (χ4n) is 2.01. The lowest BCUT2D eigenvalue weighted by Gasteiger charge is -2.11. The van der Waals surface area contributed by atoms with Crippen molar-refractivity contribution < 1.29 is 19.0 Å². The van der Waals surface area contributed by atoms with Crippen molar-refractivity contribution in [3.63, 3.8) is 0 Å². The molecule has 0 atom stereocenters. The number of carbonyl (C=O) groups excluding carboxylic acids is 1. The molecule has 0 saturated heterocycles. The summed E-state index contributed by atoms with van der Waals surface area (Å²) >= 11 is 0. The number of methoxy groups -OCH3 is 1. The lowest BCUT2D eigenvalue weighted by atomic mass is 10.2. The molecule has 2 aromatic rings. The molecule has 0 unspecified atom stereocenters. The number of esters is 1. The molecule has 26 heavy (non-hydrogen) atoms. The van der Waals surface area contributed by atoms with Crippen molar-refractivity contribution in [2.45, 2.75) is 6.92 Å². The maximum atomic E-state index is 12.3. The van der Waals surface area contributed by atoms with Gasteiger partial charge in [-0.2, -0.15) is 5.10 Å². The average molecular weight is 356 g/mol. The van der Waals surface area contributed by atoms with Crippen molar-refractivity contribution in [1.82, 2.24) is 0 Å². The number of ether oxygens (including phenoxy) is 3. The normalized spacial score (nSPS) is 10.4. The Kier molecular flexibility index (Phi) is 6.55. The van der Waals surface area contributed by atoms with Crippen LogP contribution in [-0.4, -0.2) is 31.9 Å². The predicted molar refractivity (Wildman–Crippen MR) is 99.0 cm³/mol. The minimum absolute atomic E-state index is 0.142. The largest absolute Gasteiger partial charge is 0.497 e. The maximum absolute atomic E-state index is 12.3. The van der Waals surface area contributed by atoms with Gasteiger partial charge in [0.15, 0.2) is 11.5 Å². The Morgan fingerprint density at radius 1 is 1.12 bits per heavy atom. The molecule has 8 heteroatoms. The number of rotatable bonds is 7. The molecule has 8 nitrogen and oxygen atoms in total. The second kappa shape index (κ2) is 9.07. The summed E-state index contributed by atoms with van der Waals surface area (Å²) < 4.78 is 16.0. The van der Waals surface area contributed by atoms with Gasteiger partial charge in [-0.05, 0) is 55.0 Å². The van der Waals surface area contributed by atoms with E-state index >= 15 is 0 Å². The van der Waals surface area contributed by atoms with E-state index in [1.165, 1.54) is 6.21 Å². The van der Waals surface area contributed by atoms with Gasteiger partial charge in [-0.25, -0.2) is 4.79 Å². The molecule has 0 amide bonds. The van der Waals surface area contributed by atoms with Crippen LogP contribution in [0.2, 0.25) is 0 Å². The van der Waals surface area contributed by atoms with Gasteiger partial charge in [0.25, 0.3) is 0 Å². The molecular formula is C18H20N4O4. The molecule has 0 aliphatic rings. The van der Waals surface area contributed by atoms with E-state index < -0.39 is 5.97 Å². The van der Waals surface area contributed by atoms with Crippen LogP contribution >= 0.6 is 0 Å². The van der Waals surface area contributed by atoms with Gasteiger partial charge in [-0.3, -0.25) is 0 Å². The van der Waals surface area contributed by atoms with Crippen LogP contribution in [0.3, 0.4) is 0 Å².